The Hall–Kier alpha value is -2.96. The van der Waals surface area contributed by atoms with Crippen molar-refractivity contribution in [2.75, 3.05) is 0 Å². The molecule has 2 aromatic carbocycles. The summed E-state index contributed by atoms with van der Waals surface area (Å²) in [4.78, 5) is 21.8. The molecule has 2 rings (SSSR count). The van der Waals surface area contributed by atoms with Crippen molar-refractivity contribution in [2.24, 2.45) is 0 Å². The van der Waals surface area contributed by atoms with E-state index in [0.29, 0.717) is 24.6 Å². The van der Waals surface area contributed by atoms with Crippen molar-refractivity contribution < 1.29 is 18.9 Å². The van der Waals surface area contributed by atoms with Crippen LogP contribution in [-0.2, 0) is 22.7 Å². The second kappa shape index (κ2) is 9.37. The average molecular weight is 340 g/mol. The predicted molar refractivity (Wildman–Crippen MR) is 96.3 cm³/mol. The summed E-state index contributed by atoms with van der Waals surface area (Å²) in [5, 5.41) is 5.48. The van der Waals surface area contributed by atoms with Crippen molar-refractivity contribution in [3.8, 4) is 11.5 Å². The van der Waals surface area contributed by atoms with E-state index in [1.165, 1.54) is 13.8 Å². The molecule has 0 aliphatic rings. The third-order valence-corrected chi connectivity index (χ3v) is 3.38. The molecule has 0 radical (unpaired) electrons. The Kier molecular flexibility index (Phi) is 6.89. The van der Waals surface area contributed by atoms with Crippen molar-refractivity contribution >= 4 is 19.5 Å². The van der Waals surface area contributed by atoms with Crippen molar-refractivity contribution in [3.05, 3.63) is 59.7 Å². The predicted octanol–water partition coefficient (Wildman–Crippen LogP) is 1.68. The molecule has 2 amide bonds. The number of rotatable bonds is 8. The molecule has 0 aliphatic heterocycles. The van der Waals surface area contributed by atoms with Crippen molar-refractivity contribution in [2.45, 2.75) is 26.9 Å². The maximum Gasteiger partial charge on any atom is 0.576 e. The summed E-state index contributed by atoms with van der Waals surface area (Å²) < 4.78 is 11.1. The Morgan fingerprint density at radius 2 is 1.12 bits per heavy atom. The van der Waals surface area contributed by atoms with Gasteiger partial charge < -0.3 is 19.9 Å². The highest BCUT2D eigenvalue weighted by molar-refractivity contribution is 6.20. The SMILES string of the molecule is CC(=O)NCc1ccc(OBOc2ccc(CNC(C)=O)cc2)cc1. The third kappa shape index (κ3) is 6.99. The fourth-order valence-electron chi connectivity index (χ4n) is 2.03. The highest BCUT2D eigenvalue weighted by Crippen LogP contribution is 2.14. The van der Waals surface area contributed by atoms with Gasteiger partial charge in [0.2, 0.25) is 11.8 Å². The van der Waals surface area contributed by atoms with E-state index >= 15 is 0 Å². The Labute approximate surface area is 147 Å². The van der Waals surface area contributed by atoms with Crippen LogP contribution in [0.3, 0.4) is 0 Å². The summed E-state index contributed by atoms with van der Waals surface area (Å²) in [5.74, 6) is 1.26. The Morgan fingerprint density at radius 3 is 1.44 bits per heavy atom. The van der Waals surface area contributed by atoms with Gasteiger partial charge >= 0.3 is 7.69 Å². The highest BCUT2D eigenvalue weighted by Gasteiger charge is 2.02. The van der Waals surface area contributed by atoms with Gasteiger partial charge in [-0.15, -0.1) is 0 Å². The number of hydrogen-bond acceptors (Lipinski definition) is 4. The molecule has 2 aromatic rings. The number of carbonyl (C=O) groups is 2. The lowest BCUT2D eigenvalue weighted by Gasteiger charge is -2.09. The molecule has 0 fully saturated rings. The zero-order chi connectivity index (χ0) is 18.1. The molecular formula is C18H21BN2O4. The quantitative estimate of drug-likeness (QED) is 0.717. The zero-order valence-corrected chi connectivity index (χ0v) is 14.4. The number of hydrogen-bond donors (Lipinski definition) is 2. The summed E-state index contributed by atoms with van der Waals surface area (Å²) in [6.45, 7) is 3.97. The van der Waals surface area contributed by atoms with E-state index in [4.69, 9.17) is 9.31 Å². The van der Waals surface area contributed by atoms with Gasteiger partial charge in [0, 0.05) is 26.9 Å². The van der Waals surface area contributed by atoms with Crippen molar-refractivity contribution in [1.82, 2.24) is 10.6 Å². The molecule has 0 aromatic heterocycles. The lowest BCUT2D eigenvalue weighted by molar-refractivity contribution is -0.120. The number of nitrogens with one attached hydrogen (secondary N) is 2. The second-order valence-corrected chi connectivity index (χ2v) is 5.51. The Bertz CT molecular complexity index is 641. The normalized spacial score (nSPS) is 9.84. The first kappa shape index (κ1) is 18.4. The minimum Gasteiger partial charge on any atom is -0.529 e. The molecule has 0 spiro atoms. The third-order valence-electron chi connectivity index (χ3n) is 3.38. The van der Waals surface area contributed by atoms with Crippen LogP contribution >= 0.6 is 0 Å². The van der Waals surface area contributed by atoms with Crippen LogP contribution in [0.4, 0.5) is 0 Å². The van der Waals surface area contributed by atoms with Gasteiger partial charge in [-0.3, -0.25) is 9.59 Å². The van der Waals surface area contributed by atoms with Crippen molar-refractivity contribution in [3.63, 3.8) is 0 Å². The number of benzene rings is 2. The minimum atomic E-state index is -0.0585. The van der Waals surface area contributed by atoms with E-state index in [2.05, 4.69) is 10.6 Å². The number of carbonyl (C=O) groups excluding carboxylic acids is 2. The second-order valence-electron chi connectivity index (χ2n) is 5.51. The van der Waals surface area contributed by atoms with Gasteiger partial charge in [-0.2, -0.15) is 0 Å². The van der Waals surface area contributed by atoms with E-state index in [-0.39, 0.29) is 19.5 Å². The monoisotopic (exact) mass is 340 g/mol. The van der Waals surface area contributed by atoms with Gasteiger partial charge in [-0.25, -0.2) is 0 Å². The molecule has 2 N–H and O–H groups in total. The maximum absolute atomic E-state index is 10.9. The molecular weight excluding hydrogens is 319 g/mol. The van der Waals surface area contributed by atoms with E-state index in [1.54, 1.807) is 0 Å². The van der Waals surface area contributed by atoms with E-state index < -0.39 is 0 Å². The molecule has 0 unspecified atom stereocenters. The van der Waals surface area contributed by atoms with Crippen LogP contribution in [0.1, 0.15) is 25.0 Å². The van der Waals surface area contributed by atoms with Crippen LogP contribution < -0.4 is 19.9 Å². The van der Waals surface area contributed by atoms with E-state index in [1.807, 2.05) is 48.5 Å². The van der Waals surface area contributed by atoms with Gasteiger partial charge in [0.15, 0.2) is 0 Å². The van der Waals surface area contributed by atoms with Gasteiger partial charge in [-0.05, 0) is 35.4 Å². The van der Waals surface area contributed by atoms with Crippen LogP contribution in [-0.4, -0.2) is 19.5 Å². The van der Waals surface area contributed by atoms with Gasteiger partial charge in [0.1, 0.15) is 11.5 Å². The summed E-state index contributed by atoms with van der Waals surface area (Å²) in [7, 11) is 0.0933. The van der Waals surface area contributed by atoms with Gasteiger partial charge in [-0.1, -0.05) is 24.3 Å². The zero-order valence-electron chi connectivity index (χ0n) is 14.4. The fourth-order valence-corrected chi connectivity index (χ4v) is 2.03. The molecule has 0 heterocycles. The summed E-state index contributed by atoms with van der Waals surface area (Å²) in [5.41, 5.74) is 2.00. The lowest BCUT2D eigenvalue weighted by atomic mass is 10.2. The van der Waals surface area contributed by atoms with Crippen LogP contribution in [0.5, 0.6) is 11.5 Å². The molecule has 0 bridgehead atoms. The molecule has 25 heavy (non-hydrogen) atoms. The van der Waals surface area contributed by atoms with Gasteiger partial charge in [0.05, 0.1) is 0 Å². The Morgan fingerprint density at radius 1 is 0.760 bits per heavy atom. The fraction of sp³-hybridized carbons (Fsp3) is 0.222. The van der Waals surface area contributed by atoms with Crippen molar-refractivity contribution in [1.29, 1.82) is 0 Å². The topological polar surface area (TPSA) is 76.7 Å². The minimum absolute atomic E-state index is 0.0585. The molecule has 6 nitrogen and oxygen atoms in total. The molecule has 0 aliphatic carbocycles. The first-order chi connectivity index (χ1) is 12.0. The standard InChI is InChI=1S/C18H21BN2O4/c1-13(22)20-11-15-3-7-17(8-4-15)24-19-25-18-9-5-16(6-10-18)12-21-14(2)23/h3-10,19H,11-12H2,1-2H3,(H,20,22)(H,21,23). The lowest BCUT2D eigenvalue weighted by Crippen LogP contribution is -2.18. The summed E-state index contributed by atoms with van der Waals surface area (Å²) in [6, 6.07) is 14.9. The molecule has 130 valence electrons. The van der Waals surface area contributed by atoms with Crippen LogP contribution in [0.2, 0.25) is 0 Å². The largest absolute Gasteiger partial charge is 0.576 e. The van der Waals surface area contributed by atoms with Crippen LogP contribution in [0.25, 0.3) is 0 Å². The molecule has 7 heteroatoms. The van der Waals surface area contributed by atoms with E-state index in [9.17, 15) is 9.59 Å². The van der Waals surface area contributed by atoms with Crippen LogP contribution in [0, 0.1) is 0 Å². The molecule has 0 saturated heterocycles. The summed E-state index contributed by atoms with van der Waals surface area (Å²) in [6.07, 6.45) is 0. The Balaban J connectivity index is 1.74. The maximum atomic E-state index is 10.9. The first-order valence-corrected chi connectivity index (χ1v) is 7.95. The first-order valence-electron chi connectivity index (χ1n) is 7.95. The number of amides is 2. The molecule has 0 atom stereocenters. The average Bonchev–Trinajstić information content (AvgIpc) is 2.60. The van der Waals surface area contributed by atoms with E-state index in [0.717, 1.165) is 11.1 Å². The van der Waals surface area contributed by atoms with Crippen LogP contribution in [0.15, 0.2) is 48.5 Å². The summed E-state index contributed by atoms with van der Waals surface area (Å²) >= 11 is 0. The smallest absolute Gasteiger partial charge is 0.529 e. The highest BCUT2D eigenvalue weighted by atomic mass is 16.6. The van der Waals surface area contributed by atoms with Gasteiger partial charge in [0.25, 0.3) is 0 Å². The molecule has 0 saturated carbocycles.